The molecule has 0 atom stereocenters. The minimum atomic E-state index is 0.259. The van der Waals surface area contributed by atoms with Crippen LogP contribution in [0.1, 0.15) is 10.6 Å². The molecule has 0 unspecified atom stereocenters. The first-order valence-corrected chi connectivity index (χ1v) is 8.44. The molecule has 0 radical (unpaired) electrons. The van der Waals surface area contributed by atoms with Crippen molar-refractivity contribution < 1.29 is 14.2 Å². The highest BCUT2D eigenvalue weighted by atomic mass is 35.5. The van der Waals surface area contributed by atoms with Crippen LogP contribution in [0.4, 0.5) is 0 Å². The van der Waals surface area contributed by atoms with Gasteiger partial charge >= 0.3 is 0 Å². The van der Waals surface area contributed by atoms with Gasteiger partial charge in [0, 0.05) is 17.5 Å². The van der Waals surface area contributed by atoms with Crippen molar-refractivity contribution in [2.24, 2.45) is 0 Å². The highest BCUT2D eigenvalue weighted by Crippen LogP contribution is 2.37. The van der Waals surface area contributed by atoms with Gasteiger partial charge in [0.05, 0.1) is 22.3 Å². The van der Waals surface area contributed by atoms with Crippen molar-refractivity contribution in [3.63, 3.8) is 0 Å². The summed E-state index contributed by atoms with van der Waals surface area (Å²) >= 11 is 8.01. The Hall–Kier alpha value is -1.98. The molecule has 1 aliphatic heterocycles. The number of halogens is 1. The van der Waals surface area contributed by atoms with Crippen molar-refractivity contribution in [3.05, 3.63) is 45.9 Å². The molecule has 118 valence electrons. The molecule has 1 aliphatic rings. The highest BCUT2D eigenvalue weighted by Gasteiger charge is 2.16. The molecule has 23 heavy (non-hydrogen) atoms. The molecule has 0 saturated heterocycles. The van der Waals surface area contributed by atoms with E-state index < -0.39 is 0 Å². The zero-order valence-electron chi connectivity index (χ0n) is 12.5. The third-order valence-corrected chi connectivity index (χ3v) is 5.22. The smallest absolute Gasteiger partial charge is 0.231 e. The topological polar surface area (TPSA) is 40.6 Å². The first kappa shape index (κ1) is 14.6. The minimum absolute atomic E-state index is 0.259. The van der Waals surface area contributed by atoms with E-state index in [1.165, 1.54) is 0 Å². The summed E-state index contributed by atoms with van der Waals surface area (Å²) in [6, 6.07) is 9.72. The molecular weight excluding hydrogens is 334 g/mol. The Balaban J connectivity index is 1.55. The number of thiazole rings is 1. The van der Waals surface area contributed by atoms with E-state index in [1.54, 1.807) is 18.4 Å². The lowest BCUT2D eigenvalue weighted by molar-refractivity contribution is 0.174. The molecule has 0 aliphatic carbocycles. The molecule has 0 spiro atoms. The Labute approximate surface area is 142 Å². The number of hydrogen-bond donors (Lipinski definition) is 0. The van der Waals surface area contributed by atoms with Gasteiger partial charge in [-0.3, -0.25) is 0 Å². The Morgan fingerprint density at radius 2 is 2.00 bits per heavy atom. The Bertz CT molecular complexity index is 878. The third kappa shape index (κ3) is 2.82. The SMILES string of the molecule is COc1ccc2nc(CCc3cc4c(cc3Cl)OCO4)sc2c1. The molecule has 0 N–H and O–H groups in total. The van der Waals surface area contributed by atoms with E-state index in [4.69, 9.17) is 25.8 Å². The van der Waals surface area contributed by atoms with Gasteiger partial charge in [-0.2, -0.15) is 0 Å². The van der Waals surface area contributed by atoms with Gasteiger partial charge in [-0.15, -0.1) is 11.3 Å². The van der Waals surface area contributed by atoms with Crippen LogP contribution in [0, 0.1) is 0 Å². The Morgan fingerprint density at radius 1 is 1.17 bits per heavy atom. The van der Waals surface area contributed by atoms with Gasteiger partial charge in [-0.1, -0.05) is 11.6 Å². The third-order valence-electron chi connectivity index (χ3n) is 3.79. The first-order valence-electron chi connectivity index (χ1n) is 7.24. The zero-order valence-corrected chi connectivity index (χ0v) is 14.0. The zero-order chi connectivity index (χ0) is 15.8. The van der Waals surface area contributed by atoms with E-state index in [0.717, 1.165) is 45.1 Å². The summed E-state index contributed by atoms with van der Waals surface area (Å²) in [6.07, 6.45) is 1.65. The maximum Gasteiger partial charge on any atom is 0.231 e. The average molecular weight is 348 g/mol. The van der Waals surface area contributed by atoms with Crippen molar-refractivity contribution in [1.29, 1.82) is 0 Å². The van der Waals surface area contributed by atoms with Crippen LogP contribution in [0.25, 0.3) is 10.2 Å². The van der Waals surface area contributed by atoms with Crippen LogP contribution in [-0.2, 0) is 12.8 Å². The normalized spacial score (nSPS) is 12.8. The second kappa shape index (κ2) is 5.91. The molecule has 1 aromatic heterocycles. The fourth-order valence-electron chi connectivity index (χ4n) is 2.58. The van der Waals surface area contributed by atoms with Crippen LogP contribution in [0.3, 0.4) is 0 Å². The van der Waals surface area contributed by atoms with Crippen LogP contribution in [0.2, 0.25) is 5.02 Å². The van der Waals surface area contributed by atoms with Gasteiger partial charge in [-0.25, -0.2) is 4.98 Å². The molecule has 0 fully saturated rings. The lowest BCUT2D eigenvalue weighted by atomic mass is 10.1. The maximum atomic E-state index is 6.32. The number of aryl methyl sites for hydroxylation is 2. The summed E-state index contributed by atoms with van der Waals surface area (Å²) in [6.45, 7) is 0.259. The van der Waals surface area contributed by atoms with E-state index in [2.05, 4.69) is 4.98 Å². The minimum Gasteiger partial charge on any atom is -0.497 e. The monoisotopic (exact) mass is 347 g/mol. The van der Waals surface area contributed by atoms with Gasteiger partial charge in [0.2, 0.25) is 6.79 Å². The number of aromatic nitrogens is 1. The fraction of sp³-hybridized carbons (Fsp3) is 0.235. The highest BCUT2D eigenvalue weighted by molar-refractivity contribution is 7.18. The molecule has 4 rings (SSSR count). The van der Waals surface area contributed by atoms with Crippen LogP contribution in [-0.4, -0.2) is 18.9 Å². The molecule has 6 heteroatoms. The molecule has 0 saturated carbocycles. The van der Waals surface area contributed by atoms with Crippen LogP contribution < -0.4 is 14.2 Å². The van der Waals surface area contributed by atoms with Crippen molar-refractivity contribution in [3.8, 4) is 17.2 Å². The molecule has 2 heterocycles. The summed E-state index contributed by atoms with van der Waals surface area (Å²) in [5.74, 6) is 2.33. The van der Waals surface area contributed by atoms with Gasteiger partial charge < -0.3 is 14.2 Å². The van der Waals surface area contributed by atoms with Crippen molar-refractivity contribution in [2.45, 2.75) is 12.8 Å². The number of rotatable bonds is 4. The molecule has 0 bridgehead atoms. The molecular formula is C17H14ClNO3S. The summed E-state index contributed by atoms with van der Waals surface area (Å²) in [4.78, 5) is 4.67. The summed E-state index contributed by atoms with van der Waals surface area (Å²) in [7, 11) is 1.67. The van der Waals surface area contributed by atoms with Gasteiger partial charge in [-0.05, 0) is 36.2 Å². The number of nitrogens with zero attached hydrogens (tertiary/aromatic N) is 1. The molecule has 0 amide bonds. The largest absolute Gasteiger partial charge is 0.497 e. The number of benzene rings is 2. The number of fused-ring (bicyclic) bond motifs is 2. The number of methoxy groups -OCH3 is 1. The van der Waals surface area contributed by atoms with Crippen LogP contribution >= 0.6 is 22.9 Å². The number of hydrogen-bond acceptors (Lipinski definition) is 5. The fourth-order valence-corrected chi connectivity index (χ4v) is 3.82. The van der Waals surface area contributed by atoms with Crippen molar-refractivity contribution in [2.75, 3.05) is 13.9 Å². The molecule has 3 aromatic rings. The Morgan fingerprint density at radius 3 is 2.83 bits per heavy atom. The quantitative estimate of drug-likeness (QED) is 0.698. The summed E-state index contributed by atoms with van der Waals surface area (Å²) < 4.78 is 17.1. The van der Waals surface area contributed by atoms with Crippen molar-refractivity contribution in [1.82, 2.24) is 4.98 Å². The predicted octanol–water partition coefficient (Wildman–Crippen LogP) is 4.47. The van der Waals surface area contributed by atoms with E-state index in [0.29, 0.717) is 10.8 Å². The second-order valence-corrected chi connectivity index (χ2v) is 6.76. The van der Waals surface area contributed by atoms with Gasteiger partial charge in [0.1, 0.15) is 5.75 Å². The average Bonchev–Trinajstić information content (AvgIpc) is 3.17. The van der Waals surface area contributed by atoms with Gasteiger partial charge in [0.25, 0.3) is 0 Å². The summed E-state index contributed by atoms with van der Waals surface area (Å²) in [5.41, 5.74) is 2.05. The Kier molecular flexibility index (Phi) is 3.75. The second-order valence-electron chi connectivity index (χ2n) is 5.24. The lowest BCUT2D eigenvalue weighted by Crippen LogP contribution is -1.93. The van der Waals surface area contributed by atoms with Crippen molar-refractivity contribution >= 4 is 33.2 Å². The van der Waals surface area contributed by atoms with Gasteiger partial charge in [0.15, 0.2) is 11.5 Å². The molecule has 4 nitrogen and oxygen atoms in total. The lowest BCUT2D eigenvalue weighted by Gasteiger charge is -2.05. The van der Waals surface area contributed by atoms with E-state index >= 15 is 0 Å². The predicted molar refractivity (Wildman–Crippen MR) is 91.2 cm³/mol. The van der Waals surface area contributed by atoms with E-state index in [9.17, 15) is 0 Å². The van der Waals surface area contributed by atoms with E-state index in [-0.39, 0.29) is 6.79 Å². The maximum absolute atomic E-state index is 6.32. The number of ether oxygens (including phenoxy) is 3. The first-order chi connectivity index (χ1) is 11.2. The standard InChI is InChI=1S/C17H14ClNO3S/c1-20-11-3-4-13-16(7-11)23-17(19-13)5-2-10-6-14-15(8-12(10)18)22-9-21-14/h3-4,6-8H,2,5,9H2,1H3. The summed E-state index contributed by atoms with van der Waals surface area (Å²) in [5, 5.41) is 1.79. The molecule has 2 aromatic carbocycles. The van der Waals surface area contributed by atoms with Crippen LogP contribution in [0.5, 0.6) is 17.2 Å². The van der Waals surface area contributed by atoms with E-state index in [1.807, 2.05) is 30.3 Å². The van der Waals surface area contributed by atoms with Crippen LogP contribution in [0.15, 0.2) is 30.3 Å².